The van der Waals surface area contributed by atoms with E-state index in [0.29, 0.717) is 18.5 Å². The van der Waals surface area contributed by atoms with Crippen LogP contribution >= 0.6 is 0 Å². The molecule has 1 rings (SSSR count). The van der Waals surface area contributed by atoms with Gasteiger partial charge in [0.2, 0.25) is 5.91 Å². The molecule has 0 fully saturated rings. The molecule has 1 heterocycles. The number of nitrogens with one attached hydrogen (secondary N) is 3. The Balaban J connectivity index is 2.18. The molecule has 0 saturated heterocycles. The highest BCUT2D eigenvalue weighted by Gasteiger charge is 2.07. The van der Waals surface area contributed by atoms with E-state index in [-0.39, 0.29) is 12.5 Å². The number of amides is 1. The monoisotopic (exact) mass is 322 g/mol. The van der Waals surface area contributed by atoms with Gasteiger partial charge in [0.05, 0.1) is 19.4 Å². The molecule has 0 bridgehead atoms. The summed E-state index contributed by atoms with van der Waals surface area (Å²) >= 11 is 0. The van der Waals surface area contributed by atoms with E-state index >= 15 is 0 Å². The zero-order chi connectivity index (χ0) is 16.9. The number of hydrogen-bond donors (Lipinski definition) is 3. The van der Waals surface area contributed by atoms with Gasteiger partial charge in [0.1, 0.15) is 5.76 Å². The molecule has 1 unspecified atom stereocenters. The normalized spacial score (nSPS) is 12.7. The van der Waals surface area contributed by atoms with E-state index in [4.69, 9.17) is 4.42 Å². The fourth-order valence-corrected chi connectivity index (χ4v) is 2.20. The maximum Gasteiger partial charge on any atom is 0.239 e. The molecule has 3 N–H and O–H groups in total. The van der Waals surface area contributed by atoms with Gasteiger partial charge >= 0.3 is 0 Å². The number of unbranched alkanes of at least 4 members (excludes halogenated alkanes) is 3. The van der Waals surface area contributed by atoms with Crippen LogP contribution in [0.4, 0.5) is 0 Å². The first kappa shape index (κ1) is 19.1. The fraction of sp³-hybridized carbons (Fsp3) is 0.647. The van der Waals surface area contributed by atoms with E-state index in [1.807, 2.05) is 6.07 Å². The van der Waals surface area contributed by atoms with Crippen molar-refractivity contribution in [2.45, 2.75) is 58.5 Å². The topological polar surface area (TPSA) is 78.7 Å². The molecule has 1 aromatic rings. The van der Waals surface area contributed by atoms with Gasteiger partial charge in [-0.1, -0.05) is 32.6 Å². The Hall–Kier alpha value is -1.98. The maximum atomic E-state index is 11.8. The van der Waals surface area contributed by atoms with Gasteiger partial charge in [0.25, 0.3) is 0 Å². The molecule has 0 radical (unpaired) electrons. The molecule has 6 nitrogen and oxygen atoms in total. The summed E-state index contributed by atoms with van der Waals surface area (Å²) in [5, 5.41) is 9.13. The van der Waals surface area contributed by atoms with Gasteiger partial charge in [0.15, 0.2) is 5.96 Å². The van der Waals surface area contributed by atoms with Crippen LogP contribution in [0.1, 0.15) is 51.7 Å². The summed E-state index contributed by atoms with van der Waals surface area (Å²) in [6.45, 7) is 4.93. The average Bonchev–Trinajstić information content (AvgIpc) is 3.07. The van der Waals surface area contributed by atoms with Crippen molar-refractivity contribution in [1.82, 2.24) is 16.0 Å². The van der Waals surface area contributed by atoms with Crippen molar-refractivity contribution in [1.29, 1.82) is 0 Å². The lowest BCUT2D eigenvalue weighted by atomic mass is 10.1. The van der Waals surface area contributed by atoms with E-state index in [2.05, 4.69) is 34.8 Å². The van der Waals surface area contributed by atoms with Crippen LogP contribution in [0.25, 0.3) is 0 Å². The molecular formula is C17H30N4O2. The molecule has 0 spiro atoms. The van der Waals surface area contributed by atoms with Crippen LogP contribution in [0, 0.1) is 0 Å². The number of hydrogen-bond acceptors (Lipinski definition) is 3. The van der Waals surface area contributed by atoms with E-state index in [9.17, 15) is 4.79 Å². The standard InChI is InChI=1S/C17H30N4O2/c1-4-5-6-7-9-14(2)21-17(18-3)20-13-16(22)19-12-15-10-8-11-23-15/h8,10-11,14H,4-7,9,12-13H2,1-3H3,(H,19,22)(H2,18,20,21). The molecule has 0 aliphatic rings. The summed E-state index contributed by atoms with van der Waals surface area (Å²) in [6, 6.07) is 3.96. The van der Waals surface area contributed by atoms with Crippen molar-refractivity contribution in [2.24, 2.45) is 4.99 Å². The highest BCUT2D eigenvalue weighted by Crippen LogP contribution is 2.05. The van der Waals surface area contributed by atoms with E-state index in [1.54, 1.807) is 19.4 Å². The Morgan fingerprint density at radius 3 is 2.78 bits per heavy atom. The Kier molecular flexibility index (Phi) is 9.59. The van der Waals surface area contributed by atoms with Gasteiger partial charge in [-0.05, 0) is 25.5 Å². The number of rotatable bonds is 10. The van der Waals surface area contributed by atoms with E-state index in [0.717, 1.165) is 12.2 Å². The molecule has 0 aliphatic heterocycles. The van der Waals surface area contributed by atoms with Crippen molar-refractivity contribution in [3.63, 3.8) is 0 Å². The molecule has 23 heavy (non-hydrogen) atoms. The van der Waals surface area contributed by atoms with E-state index < -0.39 is 0 Å². The lowest BCUT2D eigenvalue weighted by Crippen LogP contribution is -2.45. The number of furan rings is 1. The molecule has 1 aromatic heterocycles. The number of carbonyl (C=O) groups is 1. The molecule has 0 aliphatic carbocycles. The van der Waals surface area contributed by atoms with Gasteiger partial charge in [-0.15, -0.1) is 0 Å². The van der Waals surface area contributed by atoms with Gasteiger partial charge in [0, 0.05) is 13.1 Å². The van der Waals surface area contributed by atoms with Gasteiger partial charge < -0.3 is 20.4 Å². The lowest BCUT2D eigenvalue weighted by molar-refractivity contribution is -0.120. The first-order chi connectivity index (χ1) is 11.2. The van der Waals surface area contributed by atoms with Crippen molar-refractivity contribution < 1.29 is 9.21 Å². The Labute approximate surface area is 139 Å². The third kappa shape index (κ3) is 8.90. The quantitative estimate of drug-likeness (QED) is 0.351. The highest BCUT2D eigenvalue weighted by molar-refractivity contribution is 5.86. The van der Waals surface area contributed by atoms with Crippen LogP contribution in [0.15, 0.2) is 27.8 Å². The second kappa shape index (κ2) is 11.6. The van der Waals surface area contributed by atoms with Gasteiger partial charge in [-0.3, -0.25) is 9.79 Å². The molecule has 130 valence electrons. The van der Waals surface area contributed by atoms with E-state index in [1.165, 1.54) is 25.7 Å². The smallest absolute Gasteiger partial charge is 0.239 e. The third-order valence-electron chi connectivity index (χ3n) is 3.55. The minimum Gasteiger partial charge on any atom is -0.467 e. The Morgan fingerprint density at radius 2 is 2.13 bits per heavy atom. The van der Waals surface area contributed by atoms with Crippen LogP contribution in [-0.2, 0) is 11.3 Å². The predicted molar refractivity (Wildman–Crippen MR) is 93.3 cm³/mol. The minimum atomic E-state index is -0.0973. The largest absolute Gasteiger partial charge is 0.467 e. The predicted octanol–water partition coefficient (Wildman–Crippen LogP) is 2.42. The van der Waals surface area contributed by atoms with Crippen molar-refractivity contribution >= 4 is 11.9 Å². The number of guanidine groups is 1. The van der Waals surface area contributed by atoms with Crippen LogP contribution in [0.5, 0.6) is 0 Å². The first-order valence-electron chi connectivity index (χ1n) is 8.42. The second-order valence-electron chi connectivity index (χ2n) is 5.68. The summed E-state index contributed by atoms with van der Waals surface area (Å²) in [6.07, 6.45) is 7.71. The summed E-state index contributed by atoms with van der Waals surface area (Å²) in [7, 11) is 1.71. The summed E-state index contributed by atoms with van der Waals surface area (Å²) in [4.78, 5) is 15.9. The zero-order valence-corrected chi connectivity index (χ0v) is 14.5. The molecule has 1 amide bonds. The highest BCUT2D eigenvalue weighted by atomic mass is 16.3. The summed E-state index contributed by atoms with van der Waals surface area (Å²) in [5.41, 5.74) is 0. The summed E-state index contributed by atoms with van der Waals surface area (Å²) in [5.74, 6) is 1.29. The number of carbonyl (C=O) groups excluding carboxylic acids is 1. The molecular weight excluding hydrogens is 292 g/mol. The van der Waals surface area contributed by atoms with Crippen molar-refractivity contribution in [3.05, 3.63) is 24.2 Å². The average molecular weight is 322 g/mol. The zero-order valence-electron chi connectivity index (χ0n) is 14.5. The summed E-state index contributed by atoms with van der Waals surface area (Å²) < 4.78 is 5.17. The van der Waals surface area contributed by atoms with Crippen molar-refractivity contribution in [3.8, 4) is 0 Å². The minimum absolute atomic E-state index is 0.0973. The molecule has 0 aromatic carbocycles. The van der Waals surface area contributed by atoms with Crippen LogP contribution < -0.4 is 16.0 Å². The van der Waals surface area contributed by atoms with Crippen LogP contribution in [-0.4, -0.2) is 31.5 Å². The Morgan fingerprint density at radius 1 is 1.30 bits per heavy atom. The van der Waals surface area contributed by atoms with Gasteiger partial charge in [-0.25, -0.2) is 0 Å². The first-order valence-corrected chi connectivity index (χ1v) is 8.42. The van der Waals surface area contributed by atoms with Crippen molar-refractivity contribution in [2.75, 3.05) is 13.6 Å². The SMILES string of the molecule is CCCCCCC(C)NC(=NC)NCC(=O)NCc1ccco1. The maximum absolute atomic E-state index is 11.8. The fourth-order valence-electron chi connectivity index (χ4n) is 2.20. The number of nitrogens with zero attached hydrogens (tertiary/aromatic N) is 1. The molecule has 1 atom stereocenters. The molecule has 0 saturated carbocycles. The second-order valence-corrected chi connectivity index (χ2v) is 5.68. The van der Waals surface area contributed by atoms with Gasteiger partial charge in [-0.2, -0.15) is 0 Å². The number of aliphatic imine (C=N–C) groups is 1. The van der Waals surface area contributed by atoms with Crippen LogP contribution in [0.3, 0.4) is 0 Å². The Bertz CT molecular complexity index is 457. The molecule has 6 heteroatoms. The lowest BCUT2D eigenvalue weighted by Gasteiger charge is -2.17. The van der Waals surface area contributed by atoms with Crippen LogP contribution in [0.2, 0.25) is 0 Å². The third-order valence-corrected chi connectivity index (χ3v) is 3.55.